The predicted octanol–water partition coefficient (Wildman–Crippen LogP) is -2.90. The first kappa shape index (κ1) is 16.8. The Morgan fingerprint density at radius 3 is 2.40 bits per heavy atom. The Morgan fingerprint density at radius 1 is 1.47 bits per heavy atom. The fourth-order valence-corrected chi connectivity index (χ4v) is 0.945. The summed E-state index contributed by atoms with van der Waals surface area (Å²) in [6.45, 7) is 2.58. The van der Waals surface area contributed by atoms with Crippen molar-refractivity contribution in [3.05, 3.63) is 12.2 Å². The quantitative estimate of drug-likeness (QED) is 0.306. The number of nitrogens with zero attached hydrogens (tertiary/aromatic N) is 1. The summed E-state index contributed by atoms with van der Waals surface area (Å²) in [6, 6.07) is 0. The van der Waals surface area contributed by atoms with E-state index in [4.69, 9.17) is 0 Å². The Morgan fingerprint density at radius 2 is 2.00 bits per heavy atom. The van der Waals surface area contributed by atoms with Gasteiger partial charge in [-0.05, 0) is 13.0 Å². The van der Waals surface area contributed by atoms with Crippen molar-refractivity contribution in [2.75, 3.05) is 27.7 Å². The Hall–Kier alpha value is -0.580. The van der Waals surface area contributed by atoms with Crippen LogP contribution in [0.4, 0.5) is 0 Å². The minimum absolute atomic E-state index is 0. The Kier molecular flexibility index (Phi) is 8.62. The van der Waals surface area contributed by atoms with Crippen molar-refractivity contribution < 1.29 is 26.8 Å². The molecule has 0 aliphatic carbocycles. The van der Waals surface area contributed by atoms with Gasteiger partial charge in [0.05, 0.1) is 27.7 Å². The number of amides is 1. The Balaban J connectivity index is 0. The van der Waals surface area contributed by atoms with Gasteiger partial charge < -0.3 is 27.3 Å². The third-order valence-electron chi connectivity index (χ3n) is 1.70. The minimum atomic E-state index is -0.754. The van der Waals surface area contributed by atoms with Crippen LogP contribution < -0.4 is 17.7 Å². The average Bonchev–Trinajstić information content (AvgIpc) is 2.00. The molecule has 1 atom stereocenters. The van der Waals surface area contributed by atoms with Gasteiger partial charge in [0.15, 0.2) is 0 Å². The van der Waals surface area contributed by atoms with Crippen molar-refractivity contribution in [2.45, 2.75) is 19.6 Å². The zero-order chi connectivity index (χ0) is 11.2. The molecule has 0 heterocycles. The fourth-order valence-electron chi connectivity index (χ4n) is 0.945. The second-order valence-corrected chi connectivity index (χ2v) is 4.33. The van der Waals surface area contributed by atoms with Gasteiger partial charge in [0, 0.05) is 6.42 Å². The first-order valence-corrected chi connectivity index (χ1v) is 4.77. The number of quaternary nitrogens is 1. The van der Waals surface area contributed by atoms with Crippen molar-refractivity contribution in [1.29, 1.82) is 0 Å². The lowest BCUT2D eigenvalue weighted by Gasteiger charge is -2.25. The van der Waals surface area contributed by atoms with E-state index < -0.39 is 6.23 Å². The number of allylic oxidation sites excluding steroid dienone is 1. The maximum atomic E-state index is 11.0. The zero-order valence-electron chi connectivity index (χ0n) is 9.83. The van der Waals surface area contributed by atoms with Crippen molar-refractivity contribution in [3.63, 3.8) is 0 Å². The molecule has 0 aromatic rings. The van der Waals surface area contributed by atoms with Gasteiger partial charge in [0.1, 0.15) is 6.23 Å². The number of aliphatic hydroxyl groups excluding tert-OH is 1. The van der Waals surface area contributed by atoms with Crippen LogP contribution in [0.2, 0.25) is 0 Å². The van der Waals surface area contributed by atoms with E-state index in [1.54, 1.807) is 13.0 Å². The number of halogens is 1. The van der Waals surface area contributed by atoms with Crippen LogP contribution in [-0.4, -0.2) is 49.4 Å². The summed E-state index contributed by atoms with van der Waals surface area (Å²) in [5.41, 5.74) is 0. The number of rotatable bonds is 5. The van der Waals surface area contributed by atoms with E-state index in [1.165, 1.54) is 6.08 Å². The largest absolute Gasteiger partial charge is 1.00 e. The van der Waals surface area contributed by atoms with Crippen LogP contribution in [-0.2, 0) is 4.79 Å². The van der Waals surface area contributed by atoms with Crippen LogP contribution in [0.1, 0.15) is 13.3 Å². The summed E-state index contributed by atoms with van der Waals surface area (Å²) >= 11 is 0. The van der Waals surface area contributed by atoms with E-state index in [0.717, 1.165) is 11.0 Å². The van der Waals surface area contributed by atoms with Gasteiger partial charge in [-0.15, -0.1) is 0 Å². The van der Waals surface area contributed by atoms with Gasteiger partial charge in [0.25, 0.3) is 0 Å². The number of carbonyl (C=O) groups excluding carboxylic acids is 1. The SMILES string of the molecule is CC=CC(=O)NC(O)CC[N+](C)(C)C.[Cl-]. The summed E-state index contributed by atoms with van der Waals surface area (Å²) in [7, 11) is 6.13. The average molecular weight is 237 g/mol. The second kappa shape index (κ2) is 7.68. The van der Waals surface area contributed by atoms with Crippen molar-refractivity contribution in [1.82, 2.24) is 5.32 Å². The van der Waals surface area contributed by atoms with Gasteiger partial charge in [0.2, 0.25) is 5.91 Å². The van der Waals surface area contributed by atoms with Gasteiger partial charge in [-0.2, -0.15) is 0 Å². The number of carbonyl (C=O) groups is 1. The van der Waals surface area contributed by atoms with Crippen LogP contribution >= 0.6 is 0 Å². The third kappa shape index (κ3) is 11.3. The smallest absolute Gasteiger partial charge is 0.245 e. The van der Waals surface area contributed by atoms with E-state index in [1.807, 2.05) is 21.1 Å². The van der Waals surface area contributed by atoms with Crippen LogP contribution in [0.5, 0.6) is 0 Å². The standard InChI is InChI=1S/C10H20N2O2.ClH/c1-5-6-9(13)11-10(14)7-8-12(2,3)4;/h5-6,10,14H,7-8H2,1-4H3;1H. The zero-order valence-corrected chi connectivity index (χ0v) is 10.6. The highest BCUT2D eigenvalue weighted by Gasteiger charge is 2.12. The molecular formula is C10H21ClN2O2. The molecule has 2 N–H and O–H groups in total. The summed E-state index contributed by atoms with van der Waals surface area (Å²) < 4.78 is 0.774. The van der Waals surface area contributed by atoms with E-state index in [9.17, 15) is 9.90 Å². The first-order chi connectivity index (χ1) is 6.35. The predicted molar refractivity (Wildman–Crippen MR) is 56.5 cm³/mol. The topological polar surface area (TPSA) is 49.3 Å². The molecule has 1 amide bonds. The molecular weight excluding hydrogens is 216 g/mol. The molecule has 1 unspecified atom stereocenters. The molecule has 0 aromatic heterocycles. The number of hydrogen-bond acceptors (Lipinski definition) is 2. The van der Waals surface area contributed by atoms with Crippen LogP contribution in [0, 0.1) is 0 Å². The summed E-state index contributed by atoms with van der Waals surface area (Å²) in [4.78, 5) is 11.0. The van der Waals surface area contributed by atoms with Crippen LogP contribution in [0.15, 0.2) is 12.2 Å². The van der Waals surface area contributed by atoms with Gasteiger partial charge >= 0.3 is 0 Å². The molecule has 0 saturated carbocycles. The van der Waals surface area contributed by atoms with Crippen molar-refractivity contribution in [3.8, 4) is 0 Å². The lowest BCUT2D eigenvalue weighted by molar-refractivity contribution is -0.870. The molecule has 0 aliphatic heterocycles. The molecule has 0 aliphatic rings. The summed E-state index contributed by atoms with van der Waals surface area (Å²) in [5.74, 6) is -0.249. The van der Waals surface area contributed by atoms with E-state index in [-0.39, 0.29) is 18.3 Å². The third-order valence-corrected chi connectivity index (χ3v) is 1.70. The fraction of sp³-hybridized carbons (Fsp3) is 0.700. The minimum Gasteiger partial charge on any atom is -1.00 e. The lowest BCUT2D eigenvalue weighted by Crippen LogP contribution is -3.00. The maximum absolute atomic E-state index is 11.0. The molecule has 15 heavy (non-hydrogen) atoms. The van der Waals surface area contributed by atoms with Crippen molar-refractivity contribution >= 4 is 5.91 Å². The van der Waals surface area contributed by atoms with Gasteiger partial charge in [-0.3, -0.25) is 4.79 Å². The molecule has 0 radical (unpaired) electrons. The Labute approximate surface area is 98.0 Å². The van der Waals surface area contributed by atoms with Crippen molar-refractivity contribution in [2.24, 2.45) is 0 Å². The Bertz CT molecular complexity index is 212. The van der Waals surface area contributed by atoms with Crippen LogP contribution in [0.25, 0.3) is 0 Å². The van der Waals surface area contributed by atoms with Gasteiger partial charge in [-0.1, -0.05) is 6.08 Å². The second-order valence-electron chi connectivity index (χ2n) is 4.33. The molecule has 5 heteroatoms. The molecule has 4 nitrogen and oxygen atoms in total. The number of aliphatic hydroxyl groups is 1. The van der Waals surface area contributed by atoms with Crippen LogP contribution in [0.3, 0.4) is 0 Å². The highest BCUT2D eigenvalue weighted by molar-refractivity contribution is 5.87. The maximum Gasteiger partial charge on any atom is 0.245 e. The van der Waals surface area contributed by atoms with E-state index >= 15 is 0 Å². The van der Waals surface area contributed by atoms with Gasteiger partial charge in [-0.25, -0.2) is 0 Å². The number of hydrogen-bond donors (Lipinski definition) is 2. The first-order valence-electron chi connectivity index (χ1n) is 4.77. The highest BCUT2D eigenvalue weighted by Crippen LogP contribution is 1.96. The molecule has 0 saturated heterocycles. The lowest BCUT2D eigenvalue weighted by atomic mass is 10.3. The highest BCUT2D eigenvalue weighted by atomic mass is 35.5. The molecule has 0 bridgehead atoms. The monoisotopic (exact) mass is 236 g/mol. The summed E-state index contributed by atoms with van der Waals surface area (Å²) in [5, 5.41) is 11.9. The van der Waals surface area contributed by atoms with E-state index in [0.29, 0.717) is 6.42 Å². The van der Waals surface area contributed by atoms with E-state index in [2.05, 4.69) is 5.32 Å². The molecule has 90 valence electrons. The molecule has 0 aromatic carbocycles. The number of nitrogens with one attached hydrogen (secondary N) is 1. The normalized spacial score (nSPS) is 13.4. The molecule has 0 rings (SSSR count). The molecule has 0 fully saturated rings. The summed E-state index contributed by atoms with van der Waals surface area (Å²) in [6.07, 6.45) is 2.85. The molecule has 0 spiro atoms.